The molecule has 1 amide bonds. The first-order valence-electron chi connectivity index (χ1n) is 12.2. The van der Waals surface area contributed by atoms with Crippen molar-refractivity contribution in [3.8, 4) is 5.75 Å². The highest BCUT2D eigenvalue weighted by molar-refractivity contribution is 6.16. The molecule has 6 nitrogen and oxygen atoms in total. The Bertz CT molecular complexity index is 1370. The fraction of sp³-hybridized carbons (Fsp3) is 0.310. The number of fused-ring (bicyclic) bond motifs is 1. The Morgan fingerprint density at radius 1 is 1.19 bits per heavy atom. The molecule has 1 atom stereocenters. The molecule has 2 aliphatic heterocycles. The molecule has 2 aromatic carbocycles. The number of aromatic nitrogens is 1. The van der Waals surface area contributed by atoms with Gasteiger partial charge in [0.15, 0.2) is 5.78 Å². The first-order valence-corrected chi connectivity index (χ1v) is 12.2. The van der Waals surface area contributed by atoms with Gasteiger partial charge >= 0.3 is 0 Å². The minimum absolute atomic E-state index is 0.0707. The molecule has 3 aromatic rings. The van der Waals surface area contributed by atoms with Crippen molar-refractivity contribution in [1.29, 1.82) is 0 Å². The number of nitrogens with zero attached hydrogens (tertiary/aromatic N) is 3. The molecule has 0 spiro atoms. The third-order valence-corrected chi connectivity index (χ3v) is 6.98. The SMILES string of the molecule is COc1cccc(F)c1CN1CCCC(CC(=O)c2ccc3c(c2)C(c2ccnc(C)c2)=NC3)C1=O. The zero-order valence-corrected chi connectivity index (χ0v) is 20.5. The van der Waals surface area contributed by atoms with E-state index in [1.165, 1.54) is 13.2 Å². The number of rotatable bonds is 7. The molecule has 1 aromatic heterocycles. The van der Waals surface area contributed by atoms with Crippen LogP contribution in [0, 0.1) is 18.7 Å². The fourth-order valence-electron chi connectivity index (χ4n) is 5.08. The third kappa shape index (κ3) is 4.65. The molecular weight excluding hydrogens is 457 g/mol. The van der Waals surface area contributed by atoms with Gasteiger partial charge in [-0.2, -0.15) is 0 Å². The van der Waals surface area contributed by atoms with Crippen molar-refractivity contribution in [2.24, 2.45) is 10.9 Å². The first-order chi connectivity index (χ1) is 17.4. The molecule has 1 unspecified atom stereocenters. The van der Waals surface area contributed by atoms with Crippen molar-refractivity contribution < 1.29 is 18.7 Å². The zero-order valence-electron chi connectivity index (χ0n) is 20.5. The number of pyridine rings is 1. The van der Waals surface area contributed by atoms with Gasteiger partial charge in [-0.1, -0.05) is 18.2 Å². The minimum atomic E-state index is -0.423. The minimum Gasteiger partial charge on any atom is -0.496 e. The molecular formula is C29H28FN3O3. The van der Waals surface area contributed by atoms with Crippen LogP contribution in [0.3, 0.4) is 0 Å². The number of aryl methyl sites for hydroxylation is 1. The van der Waals surface area contributed by atoms with Gasteiger partial charge in [-0.05, 0) is 55.7 Å². The summed E-state index contributed by atoms with van der Waals surface area (Å²) in [6, 6.07) is 14.2. The van der Waals surface area contributed by atoms with Crippen LogP contribution in [-0.2, 0) is 17.9 Å². The first kappa shape index (κ1) is 23.9. The number of piperidine rings is 1. The van der Waals surface area contributed by atoms with Gasteiger partial charge in [0, 0.05) is 53.0 Å². The van der Waals surface area contributed by atoms with Gasteiger partial charge in [-0.3, -0.25) is 19.6 Å². The second-order valence-corrected chi connectivity index (χ2v) is 9.37. The summed E-state index contributed by atoms with van der Waals surface area (Å²) in [4.78, 5) is 37.1. The van der Waals surface area contributed by atoms with Crippen LogP contribution < -0.4 is 4.74 Å². The quantitative estimate of drug-likeness (QED) is 0.446. The standard InChI is InChI=1S/C29H28FN3O3/c1-18-13-20(10-11-31-18)28-23-14-19(8-9-22(23)16-32-28)26(34)15-21-5-4-12-33(29(21)35)17-24-25(30)6-3-7-27(24)36-2/h3,6-11,13-14,21H,4-5,12,15-17H2,1-2H3. The number of likely N-dealkylation sites (tertiary alicyclic amines) is 1. The summed E-state index contributed by atoms with van der Waals surface area (Å²) in [5, 5.41) is 0. The smallest absolute Gasteiger partial charge is 0.226 e. The van der Waals surface area contributed by atoms with Crippen LogP contribution in [0.2, 0.25) is 0 Å². The largest absolute Gasteiger partial charge is 0.496 e. The maximum atomic E-state index is 14.4. The predicted molar refractivity (Wildman–Crippen MR) is 135 cm³/mol. The Balaban J connectivity index is 1.31. The van der Waals surface area contributed by atoms with E-state index in [9.17, 15) is 14.0 Å². The second kappa shape index (κ2) is 10.0. The topological polar surface area (TPSA) is 71.9 Å². The van der Waals surface area contributed by atoms with Crippen molar-refractivity contribution in [2.75, 3.05) is 13.7 Å². The van der Waals surface area contributed by atoms with E-state index in [0.29, 0.717) is 36.4 Å². The molecule has 0 N–H and O–H groups in total. The predicted octanol–water partition coefficient (Wildman–Crippen LogP) is 4.90. The Kier molecular flexibility index (Phi) is 6.63. The molecule has 1 saturated heterocycles. The van der Waals surface area contributed by atoms with Crippen LogP contribution in [0.4, 0.5) is 4.39 Å². The number of carbonyl (C=O) groups is 2. The summed E-state index contributed by atoms with van der Waals surface area (Å²) in [5.41, 5.74) is 5.72. The van der Waals surface area contributed by atoms with Gasteiger partial charge in [0.1, 0.15) is 11.6 Å². The van der Waals surface area contributed by atoms with Crippen molar-refractivity contribution in [3.63, 3.8) is 0 Å². The Morgan fingerprint density at radius 3 is 2.86 bits per heavy atom. The molecule has 7 heteroatoms. The molecule has 184 valence electrons. The summed E-state index contributed by atoms with van der Waals surface area (Å²) in [6.45, 7) is 3.18. The van der Waals surface area contributed by atoms with E-state index in [4.69, 9.17) is 9.73 Å². The number of halogens is 1. The van der Waals surface area contributed by atoms with Crippen LogP contribution in [0.25, 0.3) is 0 Å². The van der Waals surface area contributed by atoms with Crippen molar-refractivity contribution >= 4 is 17.4 Å². The summed E-state index contributed by atoms with van der Waals surface area (Å²) in [6.07, 6.45) is 3.30. The molecule has 0 radical (unpaired) electrons. The van der Waals surface area contributed by atoms with E-state index in [-0.39, 0.29) is 24.7 Å². The number of amides is 1. The Labute approximate surface area is 209 Å². The third-order valence-electron chi connectivity index (χ3n) is 6.98. The number of ketones is 1. The van der Waals surface area contributed by atoms with Crippen LogP contribution in [0.1, 0.15) is 57.6 Å². The van der Waals surface area contributed by atoms with Crippen molar-refractivity contribution in [1.82, 2.24) is 9.88 Å². The maximum Gasteiger partial charge on any atom is 0.226 e. The number of aliphatic imine (C=N–C) groups is 1. The summed E-state index contributed by atoms with van der Waals surface area (Å²) in [5.74, 6) is -0.594. The van der Waals surface area contributed by atoms with Gasteiger partial charge in [0.05, 0.1) is 25.9 Å². The fourth-order valence-corrected chi connectivity index (χ4v) is 5.08. The molecule has 0 aliphatic carbocycles. The van der Waals surface area contributed by atoms with Gasteiger partial charge in [0.25, 0.3) is 0 Å². The van der Waals surface area contributed by atoms with E-state index in [1.807, 2.05) is 37.3 Å². The van der Waals surface area contributed by atoms with Crippen LogP contribution >= 0.6 is 0 Å². The van der Waals surface area contributed by atoms with E-state index in [1.54, 1.807) is 23.2 Å². The van der Waals surface area contributed by atoms with Gasteiger partial charge in [0.2, 0.25) is 5.91 Å². The highest BCUT2D eigenvalue weighted by Gasteiger charge is 2.32. The molecule has 0 saturated carbocycles. The molecule has 36 heavy (non-hydrogen) atoms. The highest BCUT2D eigenvalue weighted by atomic mass is 19.1. The van der Waals surface area contributed by atoms with Crippen molar-refractivity contribution in [2.45, 2.75) is 39.3 Å². The lowest BCUT2D eigenvalue weighted by molar-refractivity contribution is -0.139. The summed E-state index contributed by atoms with van der Waals surface area (Å²) in [7, 11) is 1.49. The average Bonchev–Trinajstić information content (AvgIpc) is 3.31. The van der Waals surface area contributed by atoms with E-state index < -0.39 is 11.7 Å². The number of hydrogen-bond acceptors (Lipinski definition) is 5. The average molecular weight is 486 g/mol. The van der Waals surface area contributed by atoms with Gasteiger partial charge < -0.3 is 9.64 Å². The number of ether oxygens (including phenoxy) is 1. The molecule has 3 heterocycles. The molecule has 1 fully saturated rings. The normalized spacial score (nSPS) is 17.1. The van der Waals surface area contributed by atoms with Crippen LogP contribution in [0.5, 0.6) is 5.75 Å². The lowest BCUT2D eigenvalue weighted by Gasteiger charge is -2.32. The lowest BCUT2D eigenvalue weighted by Crippen LogP contribution is -2.41. The Morgan fingerprint density at radius 2 is 2.06 bits per heavy atom. The van der Waals surface area contributed by atoms with Crippen molar-refractivity contribution in [3.05, 3.63) is 94.1 Å². The number of methoxy groups -OCH3 is 1. The number of benzene rings is 2. The number of hydrogen-bond donors (Lipinski definition) is 0. The van der Waals surface area contributed by atoms with E-state index in [0.717, 1.165) is 34.5 Å². The van der Waals surface area contributed by atoms with E-state index in [2.05, 4.69) is 4.98 Å². The van der Waals surface area contributed by atoms with Crippen LogP contribution in [-0.4, -0.2) is 40.9 Å². The van der Waals surface area contributed by atoms with Gasteiger partial charge in [-0.15, -0.1) is 0 Å². The highest BCUT2D eigenvalue weighted by Crippen LogP contribution is 2.30. The lowest BCUT2D eigenvalue weighted by atomic mass is 9.88. The molecule has 5 rings (SSSR count). The summed E-state index contributed by atoms with van der Waals surface area (Å²) < 4.78 is 19.7. The molecule has 0 bridgehead atoms. The number of carbonyl (C=O) groups excluding carboxylic acids is 2. The maximum absolute atomic E-state index is 14.4. The zero-order chi connectivity index (χ0) is 25.2. The second-order valence-electron chi connectivity index (χ2n) is 9.37. The molecule has 2 aliphatic rings. The number of Topliss-reactive ketones (excluding diaryl/α,β-unsaturated/α-hetero) is 1. The monoisotopic (exact) mass is 485 g/mol. The van der Waals surface area contributed by atoms with Gasteiger partial charge in [-0.25, -0.2) is 4.39 Å². The summed E-state index contributed by atoms with van der Waals surface area (Å²) >= 11 is 0. The Hall–Kier alpha value is -3.87. The van der Waals surface area contributed by atoms with Crippen LogP contribution in [0.15, 0.2) is 59.7 Å². The van der Waals surface area contributed by atoms with E-state index >= 15 is 0 Å².